The van der Waals surface area contributed by atoms with Gasteiger partial charge in [0.25, 0.3) is 0 Å². The van der Waals surface area contributed by atoms with Crippen molar-refractivity contribution in [2.24, 2.45) is 0 Å². The maximum absolute atomic E-state index is 12.3. The first-order chi connectivity index (χ1) is 12.7. The summed E-state index contributed by atoms with van der Waals surface area (Å²) in [6, 6.07) is 8.64. The van der Waals surface area contributed by atoms with Crippen molar-refractivity contribution in [3.63, 3.8) is 0 Å². The molecule has 1 aromatic carbocycles. The van der Waals surface area contributed by atoms with Gasteiger partial charge >= 0.3 is 6.09 Å². The van der Waals surface area contributed by atoms with Gasteiger partial charge in [0.2, 0.25) is 5.91 Å². The van der Waals surface area contributed by atoms with Crippen molar-refractivity contribution in [2.45, 2.75) is 52.2 Å². The van der Waals surface area contributed by atoms with E-state index in [1.54, 1.807) is 27.8 Å². The van der Waals surface area contributed by atoms with Gasteiger partial charge < -0.3 is 15.0 Å². The van der Waals surface area contributed by atoms with Crippen molar-refractivity contribution < 1.29 is 14.3 Å². The topological polar surface area (TPSA) is 61.9 Å². The van der Waals surface area contributed by atoms with E-state index in [1.807, 2.05) is 0 Å². The van der Waals surface area contributed by atoms with Crippen molar-refractivity contribution in [2.75, 3.05) is 33.2 Å². The number of carbonyl (C=O) groups is 2. The lowest BCUT2D eigenvalue weighted by atomic mass is 10.0. The van der Waals surface area contributed by atoms with Gasteiger partial charge in [0.05, 0.1) is 6.04 Å². The van der Waals surface area contributed by atoms with E-state index in [0.717, 1.165) is 13.1 Å². The van der Waals surface area contributed by atoms with Crippen molar-refractivity contribution >= 4 is 12.0 Å². The van der Waals surface area contributed by atoms with E-state index in [1.165, 1.54) is 28.9 Å². The number of likely N-dealkylation sites (tertiary alicyclic amines) is 1. The number of likely N-dealkylation sites (N-methyl/N-ethyl adjacent to an activating group) is 1. The largest absolute Gasteiger partial charge is 0.444 e. The number of benzene rings is 1. The fourth-order valence-electron chi connectivity index (χ4n) is 3.19. The van der Waals surface area contributed by atoms with Gasteiger partial charge in [-0.15, -0.1) is 0 Å². The predicted molar refractivity (Wildman–Crippen MR) is 107 cm³/mol. The van der Waals surface area contributed by atoms with Crippen LogP contribution < -0.4 is 5.32 Å². The molecule has 150 valence electrons. The van der Waals surface area contributed by atoms with Crippen LogP contribution in [0.15, 0.2) is 24.3 Å². The second-order valence-corrected chi connectivity index (χ2v) is 8.31. The number of ether oxygens (including phenoxy) is 1. The summed E-state index contributed by atoms with van der Waals surface area (Å²) in [4.78, 5) is 28.1. The van der Waals surface area contributed by atoms with Gasteiger partial charge in [0.1, 0.15) is 12.1 Å². The molecule has 6 nitrogen and oxygen atoms in total. The third-order valence-corrected chi connectivity index (χ3v) is 4.62. The Kier molecular flexibility index (Phi) is 7.25. The molecule has 6 heteroatoms. The van der Waals surface area contributed by atoms with Crippen LogP contribution in [0.25, 0.3) is 0 Å². The van der Waals surface area contributed by atoms with Crippen molar-refractivity contribution in [3.8, 4) is 0 Å². The molecule has 1 aromatic rings. The normalized spacial score (nSPS) is 16.0. The summed E-state index contributed by atoms with van der Waals surface area (Å²) in [7, 11) is 1.57. The zero-order valence-electron chi connectivity index (χ0n) is 17.2. The lowest BCUT2D eigenvalue weighted by Crippen LogP contribution is -2.43. The molecule has 0 aromatic heterocycles. The standard InChI is InChI=1S/C21H33N3O3/c1-16-8-10-17(11-9-16)18(24-12-6-7-13-24)14-22-19(25)15-23(5)20(26)27-21(2,3)4/h8-11,18H,6-7,12-15H2,1-5H3,(H,22,25). The number of carbonyl (C=O) groups excluding carboxylic acids is 2. The maximum Gasteiger partial charge on any atom is 0.410 e. The third-order valence-electron chi connectivity index (χ3n) is 4.62. The number of hydrogen-bond donors (Lipinski definition) is 1. The van der Waals surface area contributed by atoms with Crippen LogP contribution in [0, 0.1) is 6.92 Å². The summed E-state index contributed by atoms with van der Waals surface area (Å²) in [6.07, 6.45) is 1.89. The second-order valence-electron chi connectivity index (χ2n) is 8.31. The Morgan fingerprint density at radius 3 is 2.33 bits per heavy atom. The molecule has 0 bridgehead atoms. The van der Waals surface area contributed by atoms with E-state index in [4.69, 9.17) is 4.74 Å². The summed E-state index contributed by atoms with van der Waals surface area (Å²) in [5.74, 6) is -0.181. The number of aryl methyl sites for hydroxylation is 1. The Labute approximate surface area is 162 Å². The minimum Gasteiger partial charge on any atom is -0.444 e. The molecule has 1 atom stereocenters. The summed E-state index contributed by atoms with van der Waals surface area (Å²) < 4.78 is 5.29. The Balaban J connectivity index is 1.92. The van der Waals surface area contributed by atoms with E-state index in [-0.39, 0.29) is 18.5 Å². The molecule has 1 N–H and O–H groups in total. The minimum absolute atomic E-state index is 0.0183. The summed E-state index contributed by atoms with van der Waals surface area (Å²) in [5.41, 5.74) is 1.86. The monoisotopic (exact) mass is 375 g/mol. The second kappa shape index (κ2) is 9.22. The zero-order valence-corrected chi connectivity index (χ0v) is 17.2. The fraction of sp³-hybridized carbons (Fsp3) is 0.619. The van der Waals surface area contributed by atoms with Crippen LogP contribution in [-0.4, -0.2) is 60.6 Å². The first kappa shape index (κ1) is 21.2. The zero-order chi connectivity index (χ0) is 20.0. The van der Waals surface area contributed by atoms with Crippen molar-refractivity contribution in [1.29, 1.82) is 0 Å². The molecule has 0 radical (unpaired) electrons. The molecule has 0 saturated carbocycles. The first-order valence-corrected chi connectivity index (χ1v) is 9.67. The SMILES string of the molecule is Cc1ccc(C(CNC(=O)CN(C)C(=O)OC(C)(C)C)N2CCCC2)cc1. The average Bonchev–Trinajstić information content (AvgIpc) is 3.09. The van der Waals surface area contributed by atoms with Gasteiger partial charge in [-0.25, -0.2) is 4.79 Å². The molecule has 27 heavy (non-hydrogen) atoms. The third kappa shape index (κ3) is 6.86. The van der Waals surface area contributed by atoms with E-state index < -0.39 is 11.7 Å². The van der Waals surface area contributed by atoms with E-state index in [9.17, 15) is 9.59 Å². The molecule has 1 saturated heterocycles. The van der Waals surface area contributed by atoms with Gasteiger partial charge in [0, 0.05) is 13.6 Å². The number of rotatable bonds is 6. The lowest BCUT2D eigenvalue weighted by Gasteiger charge is -2.29. The number of nitrogens with one attached hydrogen (secondary N) is 1. The molecule has 1 fully saturated rings. The summed E-state index contributed by atoms with van der Waals surface area (Å²) in [5, 5.41) is 2.99. The molecular weight excluding hydrogens is 342 g/mol. The van der Waals surface area contributed by atoms with Crippen molar-refractivity contribution in [3.05, 3.63) is 35.4 Å². The predicted octanol–water partition coefficient (Wildman–Crippen LogP) is 3.12. The Morgan fingerprint density at radius 2 is 1.78 bits per heavy atom. The Morgan fingerprint density at radius 1 is 1.19 bits per heavy atom. The molecule has 0 aliphatic carbocycles. The molecule has 2 rings (SSSR count). The Hall–Kier alpha value is -2.08. The van der Waals surface area contributed by atoms with E-state index in [2.05, 4.69) is 41.4 Å². The van der Waals surface area contributed by atoms with Crippen LogP contribution in [-0.2, 0) is 9.53 Å². The van der Waals surface area contributed by atoms with Crippen LogP contribution in [0.4, 0.5) is 4.79 Å². The molecular formula is C21H33N3O3. The lowest BCUT2D eigenvalue weighted by molar-refractivity contribution is -0.122. The minimum atomic E-state index is -0.575. The van der Waals surface area contributed by atoms with Crippen LogP contribution in [0.3, 0.4) is 0 Å². The molecule has 0 spiro atoms. The van der Waals surface area contributed by atoms with Gasteiger partial charge in [-0.05, 0) is 59.2 Å². The molecule has 1 aliphatic rings. The van der Waals surface area contributed by atoms with Crippen LogP contribution in [0.1, 0.15) is 50.8 Å². The molecule has 2 amide bonds. The summed E-state index contributed by atoms with van der Waals surface area (Å²) in [6.45, 7) is 10.1. The number of nitrogens with zero attached hydrogens (tertiary/aromatic N) is 2. The number of amides is 2. The average molecular weight is 376 g/mol. The van der Waals surface area contributed by atoms with E-state index >= 15 is 0 Å². The summed E-state index contributed by atoms with van der Waals surface area (Å²) >= 11 is 0. The highest BCUT2D eigenvalue weighted by Gasteiger charge is 2.25. The van der Waals surface area contributed by atoms with Gasteiger partial charge in [-0.3, -0.25) is 9.69 Å². The van der Waals surface area contributed by atoms with Crippen LogP contribution >= 0.6 is 0 Å². The van der Waals surface area contributed by atoms with Crippen LogP contribution in [0.2, 0.25) is 0 Å². The van der Waals surface area contributed by atoms with Crippen LogP contribution in [0.5, 0.6) is 0 Å². The molecule has 1 heterocycles. The highest BCUT2D eigenvalue weighted by atomic mass is 16.6. The van der Waals surface area contributed by atoms with Gasteiger partial charge in [0.15, 0.2) is 0 Å². The van der Waals surface area contributed by atoms with Crippen molar-refractivity contribution in [1.82, 2.24) is 15.1 Å². The maximum atomic E-state index is 12.3. The smallest absolute Gasteiger partial charge is 0.410 e. The Bertz CT molecular complexity index is 631. The quantitative estimate of drug-likeness (QED) is 0.830. The van der Waals surface area contributed by atoms with Gasteiger partial charge in [-0.1, -0.05) is 29.8 Å². The van der Waals surface area contributed by atoms with Gasteiger partial charge in [-0.2, -0.15) is 0 Å². The highest BCUT2D eigenvalue weighted by Crippen LogP contribution is 2.24. The fourth-order valence-corrected chi connectivity index (χ4v) is 3.19. The molecule has 1 aliphatic heterocycles. The first-order valence-electron chi connectivity index (χ1n) is 9.67. The number of hydrogen-bond acceptors (Lipinski definition) is 4. The highest BCUT2D eigenvalue weighted by molar-refractivity contribution is 5.82. The van der Waals surface area contributed by atoms with E-state index in [0.29, 0.717) is 6.54 Å². The molecule has 1 unspecified atom stereocenters.